The molecule has 2 nitrogen and oxygen atoms in total. The second-order valence-electron chi connectivity index (χ2n) is 5.90. The summed E-state index contributed by atoms with van der Waals surface area (Å²) in [4.78, 5) is 0. The van der Waals surface area contributed by atoms with Gasteiger partial charge in [-0.2, -0.15) is 0 Å². The Bertz CT molecular complexity index is 147. The Morgan fingerprint density at radius 1 is 1.08 bits per heavy atom. The van der Waals surface area contributed by atoms with E-state index in [1.165, 1.54) is 6.42 Å². The molecule has 80 valence electrons. The van der Waals surface area contributed by atoms with Gasteiger partial charge in [0.15, 0.2) is 0 Å². The third kappa shape index (κ3) is 5.27. The highest BCUT2D eigenvalue weighted by Crippen LogP contribution is 2.32. The van der Waals surface area contributed by atoms with E-state index in [0.717, 1.165) is 6.42 Å². The molecule has 0 saturated carbocycles. The van der Waals surface area contributed by atoms with Crippen LogP contribution in [0, 0.1) is 10.8 Å². The van der Waals surface area contributed by atoms with Crippen molar-refractivity contribution >= 4 is 0 Å². The third-order valence-electron chi connectivity index (χ3n) is 2.89. The average molecular weight is 187 g/mol. The van der Waals surface area contributed by atoms with Crippen molar-refractivity contribution < 1.29 is 5.21 Å². The highest BCUT2D eigenvalue weighted by molar-refractivity contribution is 4.80. The minimum atomic E-state index is 0.148. The molecule has 0 amide bonds. The van der Waals surface area contributed by atoms with Gasteiger partial charge >= 0.3 is 0 Å². The zero-order chi connectivity index (χ0) is 10.7. The summed E-state index contributed by atoms with van der Waals surface area (Å²) in [6.45, 7) is 13.1. The number of nitrogens with one attached hydrogen (secondary N) is 1. The summed E-state index contributed by atoms with van der Waals surface area (Å²) in [7, 11) is 0. The van der Waals surface area contributed by atoms with Gasteiger partial charge in [0.2, 0.25) is 0 Å². The molecule has 0 radical (unpaired) electrons. The topological polar surface area (TPSA) is 32.3 Å². The molecule has 0 saturated heterocycles. The van der Waals surface area contributed by atoms with Crippen molar-refractivity contribution in [2.45, 2.75) is 60.4 Å². The Labute approximate surface area is 82.7 Å². The van der Waals surface area contributed by atoms with Gasteiger partial charge < -0.3 is 5.21 Å². The molecule has 0 aromatic heterocycles. The van der Waals surface area contributed by atoms with Crippen molar-refractivity contribution in [3.63, 3.8) is 0 Å². The summed E-state index contributed by atoms with van der Waals surface area (Å²) in [5, 5.41) is 8.85. The predicted octanol–water partition coefficient (Wildman–Crippen LogP) is 3.21. The molecule has 0 aliphatic heterocycles. The van der Waals surface area contributed by atoms with Crippen molar-refractivity contribution in [1.82, 2.24) is 5.48 Å². The lowest BCUT2D eigenvalue weighted by atomic mass is 9.76. The van der Waals surface area contributed by atoms with Gasteiger partial charge in [0.1, 0.15) is 0 Å². The van der Waals surface area contributed by atoms with Gasteiger partial charge in [-0.25, -0.2) is 5.48 Å². The quantitative estimate of drug-likeness (QED) is 0.662. The minimum absolute atomic E-state index is 0.148. The van der Waals surface area contributed by atoms with E-state index < -0.39 is 0 Å². The molecular weight excluding hydrogens is 162 g/mol. The highest BCUT2D eigenvalue weighted by atomic mass is 16.5. The summed E-state index contributed by atoms with van der Waals surface area (Å²) >= 11 is 0. The summed E-state index contributed by atoms with van der Waals surface area (Å²) < 4.78 is 0. The first-order valence-electron chi connectivity index (χ1n) is 5.09. The molecule has 0 bridgehead atoms. The first-order valence-corrected chi connectivity index (χ1v) is 5.09. The predicted molar refractivity (Wildman–Crippen MR) is 56.9 cm³/mol. The zero-order valence-electron chi connectivity index (χ0n) is 9.94. The molecule has 0 aliphatic carbocycles. The summed E-state index contributed by atoms with van der Waals surface area (Å²) in [5.74, 6) is 0. The maximum absolute atomic E-state index is 8.85. The van der Waals surface area contributed by atoms with Crippen LogP contribution >= 0.6 is 0 Å². The molecule has 0 fully saturated rings. The van der Waals surface area contributed by atoms with E-state index in [-0.39, 0.29) is 11.5 Å². The van der Waals surface area contributed by atoms with Gasteiger partial charge in [0.25, 0.3) is 0 Å². The van der Waals surface area contributed by atoms with E-state index in [2.05, 4.69) is 40.1 Å². The molecule has 2 heteroatoms. The molecule has 1 unspecified atom stereocenters. The first-order chi connectivity index (χ1) is 5.69. The van der Waals surface area contributed by atoms with Crippen molar-refractivity contribution in [3.05, 3.63) is 0 Å². The van der Waals surface area contributed by atoms with Crippen LogP contribution < -0.4 is 5.48 Å². The largest absolute Gasteiger partial charge is 0.317 e. The molecule has 13 heavy (non-hydrogen) atoms. The molecule has 0 aromatic carbocycles. The molecule has 0 spiro atoms. The summed E-state index contributed by atoms with van der Waals surface area (Å²) in [5.41, 5.74) is 2.88. The summed E-state index contributed by atoms with van der Waals surface area (Å²) in [6.07, 6.45) is 2.32. The normalized spacial score (nSPS) is 15.9. The van der Waals surface area contributed by atoms with Crippen molar-refractivity contribution in [1.29, 1.82) is 0 Å². The lowest BCUT2D eigenvalue weighted by Crippen LogP contribution is -2.38. The number of hydrogen-bond acceptors (Lipinski definition) is 2. The maximum Gasteiger partial charge on any atom is 0.0342 e. The smallest absolute Gasteiger partial charge is 0.0342 e. The van der Waals surface area contributed by atoms with E-state index >= 15 is 0 Å². The SMILES string of the molecule is CC(NO)C(C)(C)CCC(C)(C)C. The fourth-order valence-corrected chi connectivity index (χ4v) is 1.09. The van der Waals surface area contributed by atoms with E-state index in [4.69, 9.17) is 5.21 Å². The van der Waals surface area contributed by atoms with Crippen LogP contribution in [0.15, 0.2) is 0 Å². The van der Waals surface area contributed by atoms with Crippen LogP contribution in [-0.2, 0) is 0 Å². The molecule has 0 heterocycles. The fourth-order valence-electron chi connectivity index (χ4n) is 1.09. The van der Waals surface area contributed by atoms with Gasteiger partial charge in [-0.15, -0.1) is 0 Å². The Morgan fingerprint density at radius 2 is 1.54 bits per heavy atom. The zero-order valence-corrected chi connectivity index (χ0v) is 9.94. The van der Waals surface area contributed by atoms with Crippen LogP contribution in [0.25, 0.3) is 0 Å². The molecule has 1 atom stereocenters. The number of rotatable bonds is 4. The van der Waals surface area contributed by atoms with Crippen LogP contribution in [0.3, 0.4) is 0 Å². The lowest BCUT2D eigenvalue weighted by molar-refractivity contribution is 0.0634. The van der Waals surface area contributed by atoms with Gasteiger partial charge in [-0.1, -0.05) is 34.6 Å². The van der Waals surface area contributed by atoms with Gasteiger partial charge in [-0.3, -0.25) is 0 Å². The highest BCUT2D eigenvalue weighted by Gasteiger charge is 2.27. The van der Waals surface area contributed by atoms with Gasteiger partial charge in [0.05, 0.1) is 0 Å². The Hall–Kier alpha value is -0.0800. The molecule has 0 aromatic rings. The van der Waals surface area contributed by atoms with Crippen molar-refractivity contribution in [2.24, 2.45) is 10.8 Å². The Balaban J connectivity index is 4.03. The van der Waals surface area contributed by atoms with Crippen molar-refractivity contribution in [2.75, 3.05) is 0 Å². The molecule has 0 rings (SSSR count). The van der Waals surface area contributed by atoms with Crippen LogP contribution in [0.5, 0.6) is 0 Å². The number of hydrogen-bond donors (Lipinski definition) is 2. The summed E-state index contributed by atoms with van der Waals surface area (Å²) in [6, 6.07) is 0.148. The van der Waals surface area contributed by atoms with Crippen LogP contribution in [0.1, 0.15) is 54.4 Å². The van der Waals surface area contributed by atoms with E-state index in [9.17, 15) is 0 Å². The standard InChI is InChI=1S/C11H25NO/c1-9(12-13)11(5,6)8-7-10(2,3)4/h9,12-13H,7-8H2,1-6H3. The molecule has 0 aliphatic rings. The fraction of sp³-hybridized carbons (Fsp3) is 1.00. The Kier molecular flexibility index (Phi) is 4.40. The van der Waals surface area contributed by atoms with E-state index in [0.29, 0.717) is 5.41 Å². The second kappa shape index (κ2) is 4.43. The van der Waals surface area contributed by atoms with E-state index in [1.54, 1.807) is 0 Å². The van der Waals surface area contributed by atoms with Gasteiger partial charge in [0, 0.05) is 6.04 Å². The van der Waals surface area contributed by atoms with Crippen LogP contribution in [0.2, 0.25) is 0 Å². The van der Waals surface area contributed by atoms with E-state index in [1.807, 2.05) is 6.92 Å². The molecule has 2 N–H and O–H groups in total. The Morgan fingerprint density at radius 3 is 1.85 bits per heavy atom. The lowest BCUT2D eigenvalue weighted by Gasteiger charge is -2.33. The number of hydroxylamine groups is 1. The average Bonchev–Trinajstić information content (AvgIpc) is 1.98. The molecular formula is C11H25NO. The van der Waals surface area contributed by atoms with Crippen LogP contribution in [0.4, 0.5) is 0 Å². The van der Waals surface area contributed by atoms with Crippen molar-refractivity contribution in [3.8, 4) is 0 Å². The first kappa shape index (κ1) is 12.9. The monoisotopic (exact) mass is 187 g/mol. The van der Waals surface area contributed by atoms with Crippen LogP contribution in [-0.4, -0.2) is 11.2 Å². The van der Waals surface area contributed by atoms with Gasteiger partial charge in [-0.05, 0) is 30.6 Å². The second-order valence-corrected chi connectivity index (χ2v) is 5.90. The minimum Gasteiger partial charge on any atom is -0.317 e. The maximum atomic E-state index is 8.85. The third-order valence-corrected chi connectivity index (χ3v) is 2.89.